The average Bonchev–Trinajstić information content (AvgIpc) is 3.23. The third-order valence-electron chi connectivity index (χ3n) is 4.44. The summed E-state index contributed by atoms with van der Waals surface area (Å²) in [5, 5.41) is 8.39. The molecule has 27 heavy (non-hydrogen) atoms. The normalized spacial score (nSPS) is 15.8. The summed E-state index contributed by atoms with van der Waals surface area (Å²) in [5.74, 6) is 0.865. The first kappa shape index (κ1) is 17.6. The van der Waals surface area contributed by atoms with Crippen molar-refractivity contribution in [2.45, 2.75) is 4.90 Å². The van der Waals surface area contributed by atoms with Gasteiger partial charge in [0.25, 0.3) is 0 Å². The van der Waals surface area contributed by atoms with Gasteiger partial charge in [-0.15, -0.1) is 10.2 Å². The van der Waals surface area contributed by atoms with Crippen LogP contribution in [0.3, 0.4) is 0 Å². The molecule has 3 aromatic rings. The van der Waals surface area contributed by atoms with Crippen molar-refractivity contribution in [1.29, 1.82) is 0 Å². The molecule has 0 radical (unpaired) electrons. The lowest BCUT2D eigenvalue weighted by molar-refractivity contribution is 0.383. The molecule has 140 valence electrons. The maximum absolute atomic E-state index is 13.0. The maximum Gasteiger partial charge on any atom is 0.243 e. The summed E-state index contributed by atoms with van der Waals surface area (Å²) in [6, 6.07) is 12.1. The second-order valence-corrected chi connectivity index (χ2v) is 8.04. The van der Waals surface area contributed by atoms with Gasteiger partial charge in [0, 0.05) is 26.2 Å². The van der Waals surface area contributed by atoms with Gasteiger partial charge in [0.05, 0.1) is 11.2 Å². The molecular formula is C18H17FN4O3S. The smallest absolute Gasteiger partial charge is 0.243 e. The molecule has 0 atom stereocenters. The SMILES string of the molecule is O=S(=O)(c1ccc(F)cc1)N1CCN(c2ccc(-c3ccco3)nn2)CC1. The van der Waals surface area contributed by atoms with Gasteiger partial charge >= 0.3 is 0 Å². The molecule has 0 aliphatic carbocycles. The van der Waals surface area contributed by atoms with E-state index in [1.807, 2.05) is 23.1 Å². The first-order valence-corrected chi connectivity index (χ1v) is 9.86. The van der Waals surface area contributed by atoms with E-state index in [4.69, 9.17) is 4.42 Å². The van der Waals surface area contributed by atoms with Crippen molar-refractivity contribution >= 4 is 15.8 Å². The van der Waals surface area contributed by atoms with E-state index in [1.54, 1.807) is 12.3 Å². The molecule has 1 saturated heterocycles. The Hall–Kier alpha value is -2.78. The van der Waals surface area contributed by atoms with Crippen molar-refractivity contribution in [2.24, 2.45) is 0 Å². The molecule has 7 nitrogen and oxygen atoms in total. The van der Waals surface area contributed by atoms with Gasteiger partial charge in [-0.25, -0.2) is 12.8 Å². The monoisotopic (exact) mass is 388 g/mol. The fourth-order valence-electron chi connectivity index (χ4n) is 2.96. The van der Waals surface area contributed by atoms with Gasteiger partial charge in [0.15, 0.2) is 11.6 Å². The number of piperazine rings is 1. The van der Waals surface area contributed by atoms with Crippen LogP contribution in [0.15, 0.2) is 64.1 Å². The topological polar surface area (TPSA) is 79.5 Å². The molecule has 1 aliphatic heterocycles. The number of furan rings is 1. The summed E-state index contributed by atoms with van der Waals surface area (Å²) in [7, 11) is -3.63. The number of aromatic nitrogens is 2. The minimum atomic E-state index is -3.63. The zero-order chi connectivity index (χ0) is 18.9. The Balaban J connectivity index is 1.43. The summed E-state index contributed by atoms with van der Waals surface area (Å²) < 4.78 is 45.1. The lowest BCUT2D eigenvalue weighted by Gasteiger charge is -2.34. The molecule has 2 aromatic heterocycles. The third-order valence-corrected chi connectivity index (χ3v) is 6.35. The van der Waals surface area contributed by atoms with Crippen LogP contribution >= 0.6 is 0 Å². The minimum absolute atomic E-state index is 0.0972. The Morgan fingerprint density at radius 1 is 0.926 bits per heavy atom. The zero-order valence-electron chi connectivity index (χ0n) is 14.3. The number of hydrogen-bond acceptors (Lipinski definition) is 6. The Morgan fingerprint density at radius 2 is 1.67 bits per heavy atom. The van der Waals surface area contributed by atoms with Crippen LogP contribution in [0.25, 0.3) is 11.5 Å². The summed E-state index contributed by atoms with van der Waals surface area (Å²) >= 11 is 0. The van der Waals surface area contributed by atoms with Crippen molar-refractivity contribution < 1.29 is 17.2 Å². The van der Waals surface area contributed by atoms with Crippen LogP contribution in [0.4, 0.5) is 10.2 Å². The average molecular weight is 388 g/mol. The highest BCUT2D eigenvalue weighted by molar-refractivity contribution is 7.89. The molecule has 1 fully saturated rings. The highest BCUT2D eigenvalue weighted by atomic mass is 32.2. The van der Waals surface area contributed by atoms with Gasteiger partial charge in [0.1, 0.15) is 11.5 Å². The van der Waals surface area contributed by atoms with E-state index in [-0.39, 0.29) is 4.90 Å². The van der Waals surface area contributed by atoms with Crippen LogP contribution in [0.5, 0.6) is 0 Å². The van der Waals surface area contributed by atoms with E-state index < -0.39 is 15.8 Å². The van der Waals surface area contributed by atoms with Gasteiger partial charge in [-0.3, -0.25) is 0 Å². The van der Waals surface area contributed by atoms with E-state index in [0.717, 1.165) is 12.1 Å². The van der Waals surface area contributed by atoms with E-state index in [1.165, 1.54) is 16.4 Å². The highest BCUT2D eigenvalue weighted by Gasteiger charge is 2.29. The van der Waals surface area contributed by atoms with Crippen molar-refractivity contribution in [2.75, 3.05) is 31.1 Å². The van der Waals surface area contributed by atoms with Crippen molar-refractivity contribution in [3.8, 4) is 11.5 Å². The van der Waals surface area contributed by atoms with E-state index >= 15 is 0 Å². The Kier molecular flexibility index (Phi) is 4.63. The Labute approximate surface area is 156 Å². The first-order chi connectivity index (χ1) is 13.0. The molecule has 0 spiro atoms. The van der Waals surface area contributed by atoms with Gasteiger partial charge in [-0.05, 0) is 48.5 Å². The molecule has 4 rings (SSSR count). The quantitative estimate of drug-likeness (QED) is 0.683. The second-order valence-electron chi connectivity index (χ2n) is 6.10. The van der Waals surface area contributed by atoms with Crippen LogP contribution < -0.4 is 4.90 Å². The third kappa shape index (κ3) is 3.56. The number of rotatable bonds is 4. The highest BCUT2D eigenvalue weighted by Crippen LogP contribution is 2.22. The number of sulfonamides is 1. The maximum atomic E-state index is 13.0. The summed E-state index contributed by atoms with van der Waals surface area (Å²) in [6.07, 6.45) is 1.58. The fraction of sp³-hybridized carbons (Fsp3) is 0.222. The van der Waals surface area contributed by atoms with Gasteiger partial charge in [0.2, 0.25) is 10.0 Å². The molecule has 0 bridgehead atoms. The number of nitrogens with zero attached hydrogens (tertiary/aromatic N) is 4. The molecule has 0 amide bonds. The molecule has 9 heteroatoms. The fourth-order valence-corrected chi connectivity index (χ4v) is 4.38. The summed E-state index contributed by atoms with van der Waals surface area (Å²) in [4.78, 5) is 2.08. The summed E-state index contributed by atoms with van der Waals surface area (Å²) in [5.41, 5.74) is 0.640. The van der Waals surface area contributed by atoms with Crippen LogP contribution in [-0.2, 0) is 10.0 Å². The van der Waals surface area contributed by atoms with Crippen molar-refractivity contribution in [1.82, 2.24) is 14.5 Å². The van der Waals surface area contributed by atoms with Crippen molar-refractivity contribution in [3.05, 3.63) is 60.6 Å². The van der Waals surface area contributed by atoms with Gasteiger partial charge < -0.3 is 9.32 Å². The number of benzene rings is 1. The van der Waals surface area contributed by atoms with E-state index in [0.29, 0.717) is 43.5 Å². The van der Waals surface area contributed by atoms with Crippen LogP contribution in [0.1, 0.15) is 0 Å². The Bertz CT molecular complexity index is 998. The van der Waals surface area contributed by atoms with E-state index in [2.05, 4.69) is 10.2 Å². The van der Waals surface area contributed by atoms with Crippen LogP contribution in [0.2, 0.25) is 0 Å². The molecule has 0 unspecified atom stereocenters. The minimum Gasteiger partial charge on any atom is -0.463 e. The Morgan fingerprint density at radius 3 is 2.26 bits per heavy atom. The lowest BCUT2D eigenvalue weighted by atomic mass is 10.3. The molecule has 0 saturated carbocycles. The molecule has 1 aromatic carbocycles. The predicted molar refractivity (Wildman–Crippen MR) is 97.1 cm³/mol. The largest absolute Gasteiger partial charge is 0.463 e. The zero-order valence-corrected chi connectivity index (χ0v) is 15.1. The second kappa shape index (κ2) is 7.09. The van der Waals surface area contributed by atoms with E-state index in [9.17, 15) is 12.8 Å². The summed E-state index contributed by atoms with van der Waals surface area (Å²) in [6.45, 7) is 1.63. The lowest BCUT2D eigenvalue weighted by Crippen LogP contribution is -2.49. The van der Waals surface area contributed by atoms with Crippen LogP contribution in [0, 0.1) is 5.82 Å². The number of hydrogen-bond donors (Lipinski definition) is 0. The molecular weight excluding hydrogens is 371 g/mol. The first-order valence-electron chi connectivity index (χ1n) is 8.42. The molecule has 0 N–H and O–H groups in total. The van der Waals surface area contributed by atoms with Gasteiger partial charge in [-0.2, -0.15) is 4.31 Å². The van der Waals surface area contributed by atoms with Crippen LogP contribution in [-0.4, -0.2) is 49.1 Å². The molecule has 3 heterocycles. The predicted octanol–water partition coefficient (Wildman–Crippen LogP) is 2.39. The number of anilines is 1. The van der Waals surface area contributed by atoms with Crippen molar-refractivity contribution in [3.63, 3.8) is 0 Å². The number of halogens is 1. The standard InChI is InChI=1S/C18H17FN4O3S/c19-14-3-5-15(6-4-14)27(24,25)23-11-9-22(10-12-23)18-8-7-16(20-21-18)17-2-1-13-26-17/h1-8,13H,9-12H2. The molecule has 1 aliphatic rings. The van der Waals surface area contributed by atoms with Gasteiger partial charge in [-0.1, -0.05) is 0 Å².